The van der Waals surface area contributed by atoms with E-state index in [9.17, 15) is 14.4 Å². The van der Waals surface area contributed by atoms with Crippen LogP contribution < -0.4 is 16.0 Å². The fourth-order valence-electron chi connectivity index (χ4n) is 1.20. The van der Waals surface area contributed by atoms with Gasteiger partial charge in [0.1, 0.15) is 6.04 Å². The van der Waals surface area contributed by atoms with Crippen LogP contribution >= 0.6 is 0 Å². The minimum atomic E-state index is -0.616. The van der Waals surface area contributed by atoms with Gasteiger partial charge in [0.25, 0.3) is 0 Å². The Kier molecular flexibility index (Phi) is 9.94. The average molecular weight is 273 g/mol. The first-order valence-corrected chi connectivity index (χ1v) is 6.11. The van der Waals surface area contributed by atoms with E-state index in [2.05, 4.69) is 16.0 Å². The van der Waals surface area contributed by atoms with Crippen LogP contribution in [0.5, 0.6) is 0 Å². The smallest absolute Gasteiger partial charge is 0.243 e. The molecule has 0 aromatic heterocycles. The number of ketones is 1. The summed E-state index contributed by atoms with van der Waals surface area (Å²) in [7, 11) is 1.67. The van der Waals surface area contributed by atoms with Crippen molar-refractivity contribution in [1.29, 1.82) is 0 Å². The maximum absolute atomic E-state index is 11.8. The van der Waals surface area contributed by atoms with Crippen LogP contribution in [0.4, 0.5) is 0 Å². The predicted octanol–water partition coefficient (Wildman–Crippen LogP) is 0.219. The van der Waals surface area contributed by atoms with Crippen molar-refractivity contribution in [1.82, 2.24) is 16.0 Å². The highest BCUT2D eigenvalue weighted by Crippen LogP contribution is 1.95. The summed E-state index contributed by atoms with van der Waals surface area (Å²) in [6.45, 7) is 6.53. The largest absolute Gasteiger partial charge is 0.345 e. The van der Waals surface area contributed by atoms with Crippen molar-refractivity contribution < 1.29 is 14.4 Å². The van der Waals surface area contributed by atoms with Gasteiger partial charge in [-0.2, -0.15) is 0 Å². The summed E-state index contributed by atoms with van der Waals surface area (Å²) >= 11 is 0. The number of hydrogen-bond acceptors (Lipinski definition) is 4. The second-order valence-corrected chi connectivity index (χ2v) is 4.32. The van der Waals surface area contributed by atoms with Gasteiger partial charge in [0.2, 0.25) is 11.8 Å². The summed E-state index contributed by atoms with van der Waals surface area (Å²) in [6.07, 6.45) is 0.471. The zero-order chi connectivity index (χ0) is 14.3. The van der Waals surface area contributed by atoms with Crippen LogP contribution in [0.1, 0.15) is 41.5 Å². The van der Waals surface area contributed by atoms with E-state index in [1.54, 1.807) is 27.8 Å². The highest BCUT2D eigenvalue weighted by molar-refractivity contribution is 5.92. The quantitative estimate of drug-likeness (QED) is 0.619. The molecule has 0 aromatic rings. The van der Waals surface area contributed by atoms with Crippen molar-refractivity contribution in [2.24, 2.45) is 0 Å². The molecule has 0 aromatic carbocycles. The van der Waals surface area contributed by atoms with E-state index in [0.29, 0.717) is 6.42 Å². The normalized spacial score (nSPS) is 14.6. The molecule has 3 unspecified atom stereocenters. The molecule has 0 spiro atoms. The second kappa shape index (κ2) is 9.49. The lowest BCUT2D eigenvalue weighted by Gasteiger charge is -2.20. The number of Topliss-reactive ketones (excluding diaryl/α,β-unsaturated/α-hetero) is 1. The third-order valence-electron chi connectivity index (χ3n) is 2.84. The van der Waals surface area contributed by atoms with Gasteiger partial charge in [0, 0.05) is 0 Å². The van der Waals surface area contributed by atoms with Crippen LogP contribution in [-0.2, 0) is 14.4 Å². The number of likely N-dealkylation sites (N-methyl/N-ethyl adjacent to an activating group) is 1. The van der Waals surface area contributed by atoms with Gasteiger partial charge in [0.15, 0.2) is 5.78 Å². The SMILES string of the molecule is C.CCC(NC(=O)C(C)NC)C(=O)NC(C)C(C)=O. The molecule has 6 heteroatoms. The molecular weight excluding hydrogens is 246 g/mol. The van der Waals surface area contributed by atoms with Crippen molar-refractivity contribution in [3.8, 4) is 0 Å². The molecule has 19 heavy (non-hydrogen) atoms. The Morgan fingerprint density at radius 1 is 1.00 bits per heavy atom. The Morgan fingerprint density at radius 2 is 1.53 bits per heavy atom. The molecule has 2 amide bonds. The molecule has 0 heterocycles. The van der Waals surface area contributed by atoms with Crippen molar-refractivity contribution in [3.63, 3.8) is 0 Å². The monoisotopic (exact) mass is 273 g/mol. The van der Waals surface area contributed by atoms with Gasteiger partial charge < -0.3 is 16.0 Å². The topological polar surface area (TPSA) is 87.3 Å². The number of rotatable bonds is 7. The van der Waals surface area contributed by atoms with Crippen LogP contribution in [0.25, 0.3) is 0 Å². The van der Waals surface area contributed by atoms with E-state index in [1.165, 1.54) is 6.92 Å². The molecule has 3 N–H and O–H groups in total. The number of carbonyl (C=O) groups excluding carboxylic acids is 3. The molecule has 0 aliphatic heterocycles. The van der Waals surface area contributed by atoms with Gasteiger partial charge in [-0.25, -0.2) is 0 Å². The van der Waals surface area contributed by atoms with Gasteiger partial charge >= 0.3 is 0 Å². The highest BCUT2D eigenvalue weighted by Gasteiger charge is 2.23. The summed E-state index contributed by atoms with van der Waals surface area (Å²) in [5.74, 6) is -0.694. The Labute approximate surface area is 115 Å². The number of carbonyl (C=O) groups is 3. The van der Waals surface area contributed by atoms with Gasteiger partial charge in [-0.15, -0.1) is 0 Å². The Bertz CT molecular complexity index is 318. The van der Waals surface area contributed by atoms with Gasteiger partial charge in [-0.3, -0.25) is 14.4 Å². The van der Waals surface area contributed by atoms with Gasteiger partial charge in [-0.1, -0.05) is 14.4 Å². The maximum atomic E-state index is 11.8. The van der Waals surface area contributed by atoms with Crippen molar-refractivity contribution in [2.45, 2.75) is 59.7 Å². The van der Waals surface area contributed by atoms with Gasteiger partial charge in [0.05, 0.1) is 12.1 Å². The number of nitrogens with one attached hydrogen (secondary N) is 3. The Morgan fingerprint density at radius 3 is 1.89 bits per heavy atom. The van der Waals surface area contributed by atoms with Gasteiger partial charge in [-0.05, 0) is 34.2 Å². The van der Waals surface area contributed by atoms with E-state index in [4.69, 9.17) is 0 Å². The molecule has 0 saturated carbocycles. The summed E-state index contributed by atoms with van der Waals surface area (Å²) in [4.78, 5) is 34.5. The minimum absolute atomic E-state index is 0. The number of amides is 2. The fraction of sp³-hybridized carbons (Fsp3) is 0.769. The molecule has 3 atom stereocenters. The van der Waals surface area contributed by atoms with Crippen LogP contribution in [0.3, 0.4) is 0 Å². The summed E-state index contributed by atoms with van der Waals surface area (Å²) < 4.78 is 0. The Balaban J connectivity index is 0. The molecule has 0 bridgehead atoms. The third kappa shape index (κ3) is 6.91. The number of hydrogen-bond donors (Lipinski definition) is 3. The molecule has 112 valence electrons. The fourth-order valence-corrected chi connectivity index (χ4v) is 1.20. The summed E-state index contributed by atoms with van der Waals surface area (Å²) in [5.41, 5.74) is 0. The summed E-state index contributed by atoms with van der Waals surface area (Å²) in [5, 5.41) is 8.00. The second-order valence-electron chi connectivity index (χ2n) is 4.32. The zero-order valence-corrected chi connectivity index (χ0v) is 11.7. The zero-order valence-electron chi connectivity index (χ0n) is 11.7. The molecule has 0 aliphatic rings. The molecule has 0 radical (unpaired) electrons. The first-order chi connectivity index (χ1) is 8.33. The Hall–Kier alpha value is -1.43. The lowest BCUT2D eigenvalue weighted by atomic mass is 10.1. The van der Waals surface area contributed by atoms with Crippen molar-refractivity contribution in [2.75, 3.05) is 7.05 Å². The van der Waals surface area contributed by atoms with E-state index >= 15 is 0 Å². The lowest BCUT2D eigenvalue weighted by molar-refractivity contribution is -0.131. The van der Waals surface area contributed by atoms with Crippen LogP contribution in [0, 0.1) is 0 Å². The molecule has 0 aliphatic carbocycles. The van der Waals surface area contributed by atoms with Crippen LogP contribution in [0.2, 0.25) is 0 Å². The van der Waals surface area contributed by atoms with E-state index in [-0.39, 0.29) is 31.1 Å². The third-order valence-corrected chi connectivity index (χ3v) is 2.84. The van der Waals surface area contributed by atoms with E-state index < -0.39 is 12.1 Å². The molecule has 0 rings (SSSR count). The first kappa shape index (κ1) is 19.9. The molecule has 0 fully saturated rings. The molecular formula is C13H27N3O3. The summed E-state index contributed by atoms with van der Waals surface area (Å²) in [6, 6.07) is -1.52. The van der Waals surface area contributed by atoms with Crippen LogP contribution in [0.15, 0.2) is 0 Å². The van der Waals surface area contributed by atoms with E-state index in [0.717, 1.165) is 0 Å². The van der Waals surface area contributed by atoms with E-state index in [1.807, 2.05) is 0 Å². The minimum Gasteiger partial charge on any atom is -0.345 e. The highest BCUT2D eigenvalue weighted by atomic mass is 16.2. The first-order valence-electron chi connectivity index (χ1n) is 6.11. The van der Waals surface area contributed by atoms with Crippen LogP contribution in [-0.4, -0.2) is 42.8 Å². The molecule has 6 nitrogen and oxygen atoms in total. The maximum Gasteiger partial charge on any atom is 0.243 e. The standard InChI is InChI=1S/C12H23N3O3.CH4/c1-6-10(15-11(17)8(3)13-5)12(18)14-7(2)9(4)16;/h7-8,10,13H,6H2,1-5H3,(H,14,18)(H,15,17);1H4. The van der Waals surface area contributed by atoms with Crippen molar-refractivity contribution in [3.05, 3.63) is 0 Å². The lowest BCUT2D eigenvalue weighted by Crippen LogP contribution is -2.53. The molecule has 0 saturated heterocycles. The average Bonchev–Trinajstić information content (AvgIpc) is 2.33. The van der Waals surface area contributed by atoms with Crippen molar-refractivity contribution >= 4 is 17.6 Å². The predicted molar refractivity (Wildman–Crippen MR) is 75.8 cm³/mol.